The lowest BCUT2D eigenvalue weighted by atomic mass is 10.1. The summed E-state index contributed by atoms with van der Waals surface area (Å²) in [5.41, 5.74) is 3.78. The van der Waals surface area contributed by atoms with E-state index in [0.717, 1.165) is 15.8 Å². The van der Waals surface area contributed by atoms with Crippen LogP contribution in [0.3, 0.4) is 0 Å². The van der Waals surface area contributed by atoms with Gasteiger partial charge in [0.2, 0.25) is 0 Å². The van der Waals surface area contributed by atoms with Crippen LogP contribution in [0.2, 0.25) is 8.67 Å². The van der Waals surface area contributed by atoms with Gasteiger partial charge in [0.15, 0.2) is 4.80 Å². The van der Waals surface area contributed by atoms with Crippen LogP contribution >= 0.6 is 45.9 Å². The van der Waals surface area contributed by atoms with Crippen molar-refractivity contribution < 1.29 is 4.79 Å². The molecular weight excluding hydrogens is 359 g/mol. The van der Waals surface area contributed by atoms with E-state index in [-0.39, 0.29) is 5.91 Å². The van der Waals surface area contributed by atoms with Gasteiger partial charge in [-0.2, -0.15) is 4.99 Å². The monoisotopic (exact) mass is 370 g/mol. The maximum Gasteiger partial charge on any atom is 0.282 e. The minimum Gasteiger partial charge on any atom is -0.319 e. The van der Waals surface area contributed by atoms with E-state index in [1.807, 2.05) is 11.6 Å². The number of carbonyl (C=O) groups excluding carboxylic acids is 1. The summed E-state index contributed by atoms with van der Waals surface area (Å²) >= 11 is 14.6. The Hall–Kier alpha value is -1.14. The summed E-state index contributed by atoms with van der Waals surface area (Å²) in [6.45, 7) is 4.11. The Morgan fingerprint density at radius 1 is 1.18 bits per heavy atom. The van der Waals surface area contributed by atoms with Crippen LogP contribution in [0.5, 0.6) is 0 Å². The lowest BCUT2D eigenvalue weighted by molar-refractivity contribution is 0.0998. The molecule has 0 spiro atoms. The lowest BCUT2D eigenvalue weighted by Gasteiger charge is -2.01. The summed E-state index contributed by atoms with van der Waals surface area (Å²) in [5, 5.41) is 0. The smallest absolute Gasteiger partial charge is 0.282 e. The molecule has 3 aromatic rings. The highest BCUT2D eigenvalue weighted by Crippen LogP contribution is 2.31. The fourth-order valence-corrected chi connectivity index (χ4v) is 4.91. The first-order chi connectivity index (χ1) is 10.4. The topological polar surface area (TPSA) is 34.4 Å². The summed E-state index contributed by atoms with van der Waals surface area (Å²) in [7, 11) is 1.92. The molecule has 3 nitrogen and oxygen atoms in total. The lowest BCUT2D eigenvalue weighted by Crippen LogP contribution is -2.13. The van der Waals surface area contributed by atoms with Crippen molar-refractivity contribution in [3.8, 4) is 0 Å². The first-order valence-electron chi connectivity index (χ1n) is 6.48. The van der Waals surface area contributed by atoms with Gasteiger partial charge in [-0.25, -0.2) is 0 Å². The van der Waals surface area contributed by atoms with Gasteiger partial charge in [-0.15, -0.1) is 11.3 Å². The molecule has 0 unspecified atom stereocenters. The summed E-state index contributed by atoms with van der Waals surface area (Å²) < 4.78 is 3.94. The maximum absolute atomic E-state index is 12.3. The Morgan fingerprint density at radius 2 is 1.86 bits per heavy atom. The molecule has 0 aliphatic rings. The van der Waals surface area contributed by atoms with Crippen LogP contribution in [0.1, 0.15) is 21.5 Å². The minimum absolute atomic E-state index is 0.350. The van der Waals surface area contributed by atoms with E-state index in [2.05, 4.69) is 31.0 Å². The highest BCUT2D eigenvalue weighted by atomic mass is 35.5. The van der Waals surface area contributed by atoms with E-state index in [1.54, 1.807) is 6.07 Å². The molecule has 0 atom stereocenters. The van der Waals surface area contributed by atoms with E-state index in [0.29, 0.717) is 19.0 Å². The number of hydrogen-bond donors (Lipinski definition) is 0. The molecule has 1 amide bonds. The molecule has 0 N–H and O–H groups in total. The molecule has 0 bridgehead atoms. The number of benzene rings is 1. The molecule has 22 heavy (non-hydrogen) atoms. The Bertz CT molecular complexity index is 966. The first-order valence-corrected chi connectivity index (χ1v) is 8.87. The Kier molecular flexibility index (Phi) is 4.16. The van der Waals surface area contributed by atoms with Gasteiger partial charge < -0.3 is 4.57 Å². The van der Waals surface area contributed by atoms with Gasteiger partial charge in [-0.3, -0.25) is 4.79 Å². The van der Waals surface area contributed by atoms with E-state index in [9.17, 15) is 4.79 Å². The average molecular weight is 371 g/mol. The molecule has 0 aliphatic heterocycles. The van der Waals surface area contributed by atoms with E-state index < -0.39 is 0 Å². The normalized spacial score (nSPS) is 12.3. The van der Waals surface area contributed by atoms with Crippen LogP contribution in [0, 0.1) is 13.8 Å². The number of nitrogens with zero attached hydrogens (tertiary/aromatic N) is 2. The fourth-order valence-electron chi connectivity index (χ4n) is 2.30. The molecule has 1 aromatic carbocycles. The zero-order chi connectivity index (χ0) is 16.0. The molecule has 0 saturated carbocycles. The van der Waals surface area contributed by atoms with Crippen molar-refractivity contribution in [3.63, 3.8) is 0 Å². The van der Waals surface area contributed by atoms with Crippen molar-refractivity contribution in [2.75, 3.05) is 0 Å². The van der Waals surface area contributed by atoms with Crippen LogP contribution in [0.25, 0.3) is 10.2 Å². The number of thiophene rings is 1. The van der Waals surface area contributed by atoms with Crippen LogP contribution in [-0.2, 0) is 7.05 Å². The molecule has 2 heterocycles. The molecule has 2 aromatic heterocycles. The molecule has 0 radical (unpaired) electrons. The number of hydrogen-bond acceptors (Lipinski definition) is 3. The summed E-state index contributed by atoms with van der Waals surface area (Å²) in [4.78, 5) is 17.2. The van der Waals surface area contributed by atoms with Crippen molar-refractivity contribution in [2.45, 2.75) is 13.8 Å². The van der Waals surface area contributed by atoms with E-state index in [4.69, 9.17) is 23.2 Å². The number of carbonyl (C=O) groups is 1. The maximum atomic E-state index is 12.3. The van der Waals surface area contributed by atoms with Gasteiger partial charge in [-0.1, -0.05) is 46.7 Å². The van der Waals surface area contributed by atoms with Gasteiger partial charge in [-0.05, 0) is 31.0 Å². The van der Waals surface area contributed by atoms with E-state index in [1.165, 1.54) is 28.2 Å². The Balaban J connectivity index is 2.20. The summed E-state index contributed by atoms with van der Waals surface area (Å²) in [5.74, 6) is -0.370. The fraction of sp³-hybridized carbons (Fsp3) is 0.200. The highest BCUT2D eigenvalue weighted by molar-refractivity contribution is 7.20. The van der Waals surface area contributed by atoms with Crippen molar-refractivity contribution in [3.05, 3.63) is 48.4 Å². The van der Waals surface area contributed by atoms with Gasteiger partial charge >= 0.3 is 0 Å². The quantitative estimate of drug-likeness (QED) is 0.595. The Morgan fingerprint density at radius 3 is 2.45 bits per heavy atom. The standard InChI is InChI=1S/C15H12Cl2N2OS2/c1-7-4-5-8(2)12-11(7)19(3)15(22-12)18-14(20)9-6-10(16)21-13(9)17/h4-6H,1-3H3. The third-order valence-electron chi connectivity index (χ3n) is 3.43. The molecule has 0 fully saturated rings. The number of thiazole rings is 1. The van der Waals surface area contributed by atoms with Crippen molar-refractivity contribution in [2.24, 2.45) is 12.0 Å². The second-order valence-electron chi connectivity index (χ2n) is 4.98. The zero-order valence-electron chi connectivity index (χ0n) is 12.1. The van der Waals surface area contributed by atoms with Gasteiger partial charge in [0.25, 0.3) is 5.91 Å². The average Bonchev–Trinajstić information content (AvgIpc) is 2.96. The zero-order valence-corrected chi connectivity index (χ0v) is 15.3. The number of aryl methyl sites for hydroxylation is 3. The van der Waals surface area contributed by atoms with Crippen LogP contribution < -0.4 is 4.80 Å². The van der Waals surface area contributed by atoms with Crippen molar-refractivity contribution in [1.29, 1.82) is 0 Å². The number of amides is 1. The predicted octanol–water partition coefficient (Wildman–Crippen LogP) is 4.97. The molecule has 0 aliphatic carbocycles. The number of rotatable bonds is 1. The summed E-state index contributed by atoms with van der Waals surface area (Å²) in [6, 6.07) is 5.71. The predicted molar refractivity (Wildman–Crippen MR) is 94.5 cm³/mol. The van der Waals surface area contributed by atoms with Gasteiger partial charge in [0.05, 0.1) is 20.1 Å². The second-order valence-corrected chi connectivity index (χ2v) is 8.24. The number of halogens is 2. The molecule has 7 heteroatoms. The molecule has 0 saturated heterocycles. The molecule has 3 rings (SSSR count). The van der Waals surface area contributed by atoms with Gasteiger partial charge in [0.1, 0.15) is 4.34 Å². The number of aromatic nitrogens is 1. The third-order valence-corrected chi connectivity index (χ3v) is 6.18. The van der Waals surface area contributed by atoms with Crippen LogP contribution in [-0.4, -0.2) is 10.5 Å². The SMILES string of the molecule is Cc1ccc(C)c2c1sc(=NC(=O)c1cc(Cl)sc1Cl)n2C. The first kappa shape index (κ1) is 15.7. The third kappa shape index (κ3) is 2.63. The minimum atomic E-state index is -0.370. The van der Waals surface area contributed by atoms with Crippen LogP contribution in [0.15, 0.2) is 23.2 Å². The number of fused-ring (bicyclic) bond motifs is 1. The summed E-state index contributed by atoms with van der Waals surface area (Å²) in [6.07, 6.45) is 0. The Labute approximate surface area is 145 Å². The van der Waals surface area contributed by atoms with Crippen LogP contribution in [0.4, 0.5) is 0 Å². The largest absolute Gasteiger partial charge is 0.319 e. The molecular formula is C15H12Cl2N2OS2. The van der Waals surface area contributed by atoms with E-state index >= 15 is 0 Å². The highest BCUT2D eigenvalue weighted by Gasteiger charge is 2.15. The second kappa shape index (κ2) is 5.81. The van der Waals surface area contributed by atoms with Gasteiger partial charge in [0, 0.05) is 7.05 Å². The van der Waals surface area contributed by atoms with Crippen molar-refractivity contribution >= 4 is 62.0 Å². The molecule has 114 valence electrons. The van der Waals surface area contributed by atoms with Crippen molar-refractivity contribution in [1.82, 2.24) is 4.57 Å².